The van der Waals surface area contributed by atoms with Crippen molar-refractivity contribution in [1.29, 1.82) is 5.26 Å². The van der Waals surface area contributed by atoms with Crippen LogP contribution in [0.2, 0.25) is 0 Å². The summed E-state index contributed by atoms with van der Waals surface area (Å²) >= 11 is 0. The Balaban J connectivity index is 0.00000196. The van der Waals surface area contributed by atoms with Gasteiger partial charge in [-0.3, -0.25) is 10.1 Å². The maximum atomic E-state index is 10.9. The van der Waals surface area contributed by atoms with Gasteiger partial charge in [0.15, 0.2) is 0 Å². The lowest BCUT2D eigenvalue weighted by Gasteiger charge is -2.31. The maximum Gasteiger partial charge on any atom is 0.319 e. The summed E-state index contributed by atoms with van der Waals surface area (Å²) in [6.07, 6.45) is 4.97. The van der Waals surface area contributed by atoms with Crippen LogP contribution in [-0.4, -0.2) is 25.2 Å². The molecule has 5 heteroatoms. The third kappa shape index (κ3) is 4.06. The molecule has 0 spiro atoms. The minimum atomic E-state index is -0.494. The van der Waals surface area contributed by atoms with Crippen molar-refractivity contribution in [3.8, 4) is 6.07 Å². The van der Waals surface area contributed by atoms with E-state index < -0.39 is 5.54 Å². The molecule has 0 saturated heterocycles. The Morgan fingerprint density at radius 3 is 2.53 bits per heavy atom. The standard InChI is InChI=1S/C10H16N2O2.ClH/c1-14-9(13)7-12-10(8-11)5-3-2-4-6-10;/h12H,2-7H2,1H3;1H. The minimum absolute atomic E-state index is 0. The van der Waals surface area contributed by atoms with Crippen molar-refractivity contribution in [2.75, 3.05) is 13.7 Å². The van der Waals surface area contributed by atoms with Crippen molar-refractivity contribution in [3.05, 3.63) is 0 Å². The first-order valence-corrected chi connectivity index (χ1v) is 4.95. The van der Waals surface area contributed by atoms with Crippen molar-refractivity contribution in [2.24, 2.45) is 0 Å². The Morgan fingerprint density at radius 1 is 1.47 bits per heavy atom. The number of nitrogens with one attached hydrogen (secondary N) is 1. The Hall–Kier alpha value is -0.790. The van der Waals surface area contributed by atoms with Gasteiger partial charge in [0.1, 0.15) is 5.54 Å². The molecule has 0 aromatic heterocycles. The lowest BCUT2D eigenvalue weighted by atomic mass is 9.83. The van der Waals surface area contributed by atoms with Crippen LogP contribution in [0.5, 0.6) is 0 Å². The molecule has 1 saturated carbocycles. The predicted molar refractivity (Wildman–Crippen MR) is 58.7 cm³/mol. The molecule has 0 unspecified atom stereocenters. The molecule has 86 valence electrons. The van der Waals surface area contributed by atoms with Gasteiger partial charge in [-0.1, -0.05) is 19.3 Å². The molecule has 15 heavy (non-hydrogen) atoms. The summed E-state index contributed by atoms with van der Waals surface area (Å²) in [6.45, 7) is 0.129. The first kappa shape index (κ1) is 14.2. The Kier molecular flexibility index (Phi) is 6.30. The van der Waals surface area contributed by atoms with E-state index in [1.54, 1.807) is 0 Å². The number of nitriles is 1. The van der Waals surface area contributed by atoms with E-state index in [2.05, 4.69) is 16.1 Å². The smallest absolute Gasteiger partial charge is 0.319 e. The highest BCUT2D eigenvalue weighted by Crippen LogP contribution is 2.27. The van der Waals surface area contributed by atoms with Crippen molar-refractivity contribution in [1.82, 2.24) is 5.32 Å². The number of hydrogen-bond donors (Lipinski definition) is 1. The molecule has 1 rings (SSSR count). The second kappa shape index (κ2) is 6.65. The van der Waals surface area contributed by atoms with Crippen LogP contribution in [-0.2, 0) is 9.53 Å². The Labute approximate surface area is 96.4 Å². The van der Waals surface area contributed by atoms with Gasteiger partial charge in [-0.2, -0.15) is 5.26 Å². The van der Waals surface area contributed by atoms with E-state index in [1.165, 1.54) is 13.5 Å². The van der Waals surface area contributed by atoms with Gasteiger partial charge in [0.05, 0.1) is 19.7 Å². The summed E-state index contributed by atoms with van der Waals surface area (Å²) in [5.74, 6) is -0.315. The van der Waals surface area contributed by atoms with Crippen molar-refractivity contribution in [2.45, 2.75) is 37.6 Å². The van der Waals surface area contributed by atoms with E-state index in [4.69, 9.17) is 5.26 Å². The fourth-order valence-electron chi connectivity index (χ4n) is 1.80. The van der Waals surface area contributed by atoms with Gasteiger partial charge >= 0.3 is 5.97 Å². The summed E-state index contributed by atoms with van der Waals surface area (Å²) in [6, 6.07) is 2.28. The third-order valence-corrected chi connectivity index (χ3v) is 2.72. The topological polar surface area (TPSA) is 62.1 Å². The summed E-state index contributed by atoms with van der Waals surface area (Å²) in [5, 5.41) is 12.1. The molecule has 0 radical (unpaired) electrons. The number of carbonyl (C=O) groups is 1. The number of esters is 1. The average Bonchev–Trinajstić information content (AvgIpc) is 2.27. The van der Waals surface area contributed by atoms with Crippen LogP contribution in [0.1, 0.15) is 32.1 Å². The monoisotopic (exact) mass is 232 g/mol. The van der Waals surface area contributed by atoms with Crippen molar-refractivity contribution in [3.63, 3.8) is 0 Å². The molecule has 4 nitrogen and oxygen atoms in total. The van der Waals surface area contributed by atoms with E-state index in [0.717, 1.165) is 25.7 Å². The first-order valence-electron chi connectivity index (χ1n) is 4.95. The Morgan fingerprint density at radius 2 is 2.07 bits per heavy atom. The number of methoxy groups -OCH3 is 1. The highest BCUT2D eigenvalue weighted by Gasteiger charge is 2.31. The molecule has 1 fully saturated rings. The second-order valence-corrected chi connectivity index (χ2v) is 3.68. The zero-order chi connectivity index (χ0) is 10.4. The lowest BCUT2D eigenvalue weighted by molar-refractivity contribution is -0.139. The minimum Gasteiger partial charge on any atom is -0.468 e. The number of nitrogens with zero attached hydrogens (tertiary/aromatic N) is 1. The van der Waals surface area contributed by atoms with Gasteiger partial charge in [0, 0.05) is 0 Å². The number of halogens is 1. The molecule has 1 N–H and O–H groups in total. The molecule has 0 aliphatic heterocycles. The lowest BCUT2D eigenvalue weighted by Crippen LogP contribution is -2.47. The average molecular weight is 233 g/mol. The highest BCUT2D eigenvalue weighted by molar-refractivity contribution is 5.85. The number of hydrogen-bond acceptors (Lipinski definition) is 4. The number of ether oxygens (including phenoxy) is 1. The highest BCUT2D eigenvalue weighted by atomic mass is 35.5. The predicted octanol–water partition coefficient (Wildman–Crippen LogP) is 1.40. The second-order valence-electron chi connectivity index (χ2n) is 3.68. The molecule has 0 bridgehead atoms. The van der Waals surface area contributed by atoms with Crippen LogP contribution in [0, 0.1) is 11.3 Å². The van der Waals surface area contributed by atoms with E-state index in [9.17, 15) is 4.79 Å². The molecule has 1 aliphatic carbocycles. The van der Waals surface area contributed by atoms with Gasteiger partial charge < -0.3 is 4.74 Å². The van der Waals surface area contributed by atoms with Gasteiger partial charge in [-0.25, -0.2) is 0 Å². The third-order valence-electron chi connectivity index (χ3n) is 2.72. The van der Waals surface area contributed by atoms with Gasteiger partial charge in [-0.15, -0.1) is 12.4 Å². The van der Waals surface area contributed by atoms with Crippen LogP contribution in [0.3, 0.4) is 0 Å². The fourth-order valence-corrected chi connectivity index (χ4v) is 1.80. The molecule has 0 amide bonds. The largest absolute Gasteiger partial charge is 0.468 e. The summed E-state index contributed by atoms with van der Waals surface area (Å²) in [5.41, 5.74) is -0.494. The summed E-state index contributed by atoms with van der Waals surface area (Å²) in [4.78, 5) is 10.9. The van der Waals surface area contributed by atoms with E-state index in [1.807, 2.05) is 0 Å². The number of rotatable bonds is 3. The van der Waals surface area contributed by atoms with Crippen LogP contribution in [0.15, 0.2) is 0 Å². The molecular weight excluding hydrogens is 216 g/mol. The zero-order valence-electron chi connectivity index (χ0n) is 8.91. The normalized spacial score (nSPS) is 18.4. The van der Waals surface area contributed by atoms with E-state index in [-0.39, 0.29) is 24.9 Å². The quantitative estimate of drug-likeness (QED) is 0.748. The summed E-state index contributed by atoms with van der Waals surface area (Å²) < 4.78 is 4.52. The van der Waals surface area contributed by atoms with Crippen LogP contribution in [0.4, 0.5) is 0 Å². The van der Waals surface area contributed by atoms with Gasteiger partial charge in [0.2, 0.25) is 0 Å². The Bertz CT molecular complexity index is 244. The van der Waals surface area contributed by atoms with E-state index in [0.29, 0.717) is 0 Å². The van der Waals surface area contributed by atoms with Crippen LogP contribution < -0.4 is 5.32 Å². The SMILES string of the molecule is COC(=O)CNC1(C#N)CCCCC1.Cl. The number of carbonyl (C=O) groups excluding carboxylic acids is 1. The van der Waals surface area contributed by atoms with Crippen molar-refractivity contribution >= 4 is 18.4 Å². The van der Waals surface area contributed by atoms with Gasteiger partial charge in [-0.05, 0) is 12.8 Å². The first-order chi connectivity index (χ1) is 6.72. The summed E-state index contributed by atoms with van der Waals surface area (Å²) in [7, 11) is 1.35. The molecule has 0 aromatic rings. The van der Waals surface area contributed by atoms with Gasteiger partial charge in [0.25, 0.3) is 0 Å². The molecule has 0 atom stereocenters. The molecular formula is C10H17ClN2O2. The van der Waals surface area contributed by atoms with Crippen LogP contribution in [0.25, 0.3) is 0 Å². The zero-order valence-corrected chi connectivity index (χ0v) is 9.73. The maximum absolute atomic E-state index is 10.9. The van der Waals surface area contributed by atoms with Crippen molar-refractivity contribution < 1.29 is 9.53 Å². The van der Waals surface area contributed by atoms with E-state index >= 15 is 0 Å². The molecule has 0 heterocycles. The molecule has 1 aliphatic rings. The fraction of sp³-hybridized carbons (Fsp3) is 0.800. The molecule has 0 aromatic carbocycles. The van der Waals surface area contributed by atoms with Crippen LogP contribution >= 0.6 is 12.4 Å².